The molecule has 0 bridgehead atoms. The molecule has 1 aliphatic heterocycles. The van der Waals surface area contributed by atoms with Gasteiger partial charge in [-0.2, -0.15) is 0 Å². The average Bonchev–Trinajstić information content (AvgIpc) is 2.38. The Balaban J connectivity index is 1.99. The Hall–Kier alpha value is -1.85. The summed E-state index contributed by atoms with van der Waals surface area (Å²) in [5, 5.41) is 0. The highest BCUT2D eigenvalue weighted by molar-refractivity contribution is 5.72. The summed E-state index contributed by atoms with van der Waals surface area (Å²) < 4.78 is 5.03. The number of nitrogens with zero attached hydrogens (tertiary/aromatic N) is 2. The minimum atomic E-state index is -0.144. The van der Waals surface area contributed by atoms with E-state index in [-0.39, 0.29) is 17.4 Å². The summed E-state index contributed by atoms with van der Waals surface area (Å²) >= 11 is 0. The molecular weight excluding hydrogens is 246 g/mol. The minimum Gasteiger partial charge on any atom is -0.466 e. The zero-order valence-corrected chi connectivity index (χ0v) is 11.3. The number of hydrogen-bond donors (Lipinski definition) is 1. The molecule has 0 spiro atoms. The number of aryl methyl sites for hydroxylation is 1. The fraction of sp³-hybridized carbons (Fsp3) is 0.615. The second kappa shape index (κ2) is 5.86. The number of H-pyrrole nitrogens is 1. The SMILES string of the molecule is CCOC(=O)C1CCN(c2nc(C)cc(=O)[nH]2)CC1. The van der Waals surface area contributed by atoms with Crippen LogP contribution in [0.1, 0.15) is 25.5 Å². The Morgan fingerprint density at radius 1 is 1.53 bits per heavy atom. The molecule has 0 aromatic carbocycles. The predicted molar refractivity (Wildman–Crippen MR) is 71.2 cm³/mol. The van der Waals surface area contributed by atoms with Gasteiger partial charge < -0.3 is 9.64 Å². The molecule has 2 rings (SSSR count). The monoisotopic (exact) mass is 265 g/mol. The zero-order chi connectivity index (χ0) is 13.8. The van der Waals surface area contributed by atoms with E-state index in [0.717, 1.165) is 12.8 Å². The van der Waals surface area contributed by atoms with Crippen LogP contribution in [0.25, 0.3) is 0 Å². The van der Waals surface area contributed by atoms with Crippen molar-refractivity contribution in [1.29, 1.82) is 0 Å². The van der Waals surface area contributed by atoms with E-state index in [2.05, 4.69) is 9.97 Å². The van der Waals surface area contributed by atoms with E-state index in [0.29, 0.717) is 31.3 Å². The first-order chi connectivity index (χ1) is 9.10. The third-order valence-corrected chi connectivity index (χ3v) is 3.27. The molecule has 0 atom stereocenters. The normalized spacial score (nSPS) is 16.4. The summed E-state index contributed by atoms with van der Waals surface area (Å²) in [5.41, 5.74) is 0.557. The number of nitrogens with one attached hydrogen (secondary N) is 1. The highest BCUT2D eigenvalue weighted by atomic mass is 16.5. The Morgan fingerprint density at radius 3 is 2.79 bits per heavy atom. The van der Waals surface area contributed by atoms with Gasteiger partial charge in [0.25, 0.3) is 5.56 Å². The summed E-state index contributed by atoms with van der Waals surface area (Å²) in [6.07, 6.45) is 1.47. The van der Waals surface area contributed by atoms with Crippen LogP contribution >= 0.6 is 0 Å². The lowest BCUT2D eigenvalue weighted by atomic mass is 9.97. The molecule has 6 heteroatoms. The van der Waals surface area contributed by atoms with E-state index in [4.69, 9.17) is 4.74 Å². The van der Waals surface area contributed by atoms with E-state index in [1.807, 2.05) is 11.8 Å². The van der Waals surface area contributed by atoms with Crippen molar-refractivity contribution in [3.8, 4) is 0 Å². The van der Waals surface area contributed by atoms with E-state index < -0.39 is 0 Å². The molecule has 0 amide bonds. The second-order valence-electron chi connectivity index (χ2n) is 4.72. The molecule has 104 valence electrons. The van der Waals surface area contributed by atoms with Crippen LogP contribution in [-0.4, -0.2) is 35.6 Å². The van der Waals surface area contributed by atoms with Crippen LogP contribution < -0.4 is 10.5 Å². The second-order valence-corrected chi connectivity index (χ2v) is 4.72. The molecule has 19 heavy (non-hydrogen) atoms. The summed E-state index contributed by atoms with van der Waals surface area (Å²) in [7, 11) is 0. The van der Waals surface area contributed by atoms with Crippen molar-refractivity contribution < 1.29 is 9.53 Å². The van der Waals surface area contributed by atoms with Gasteiger partial charge in [-0.1, -0.05) is 0 Å². The van der Waals surface area contributed by atoms with E-state index in [9.17, 15) is 9.59 Å². The first-order valence-corrected chi connectivity index (χ1v) is 6.59. The number of hydrogen-bond acceptors (Lipinski definition) is 5. The molecule has 0 aliphatic carbocycles. The van der Waals surface area contributed by atoms with E-state index >= 15 is 0 Å². The van der Waals surface area contributed by atoms with Crippen LogP contribution in [-0.2, 0) is 9.53 Å². The molecule has 1 aromatic rings. The van der Waals surface area contributed by atoms with Crippen LogP contribution in [0.3, 0.4) is 0 Å². The lowest BCUT2D eigenvalue weighted by Crippen LogP contribution is -2.38. The fourth-order valence-corrected chi connectivity index (χ4v) is 2.30. The fourth-order valence-electron chi connectivity index (χ4n) is 2.30. The van der Waals surface area contributed by atoms with E-state index in [1.54, 1.807) is 6.92 Å². The predicted octanol–water partition coefficient (Wildman–Crippen LogP) is 0.858. The van der Waals surface area contributed by atoms with Crippen molar-refractivity contribution in [2.45, 2.75) is 26.7 Å². The van der Waals surface area contributed by atoms with Gasteiger partial charge in [-0.05, 0) is 26.7 Å². The Bertz CT molecular complexity index is 504. The van der Waals surface area contributed by atoms with Crippen molar-refractivity contribution in [1.82, 2.24) is 9.97 Å². The zero-order valence-electron chi connectivity index (χ0n) is 11.3. The van der Waals surface area contributed by atoms with Crippen molar-refractivity contribution in [3.05, 3.63) is 22.1 Å². The maximum atomic E-state index is 11.6. The summed E-state index contributed by atoms with van der Waals surface area (Å²) in [4.78, 5) is 32.1. The third kappa shape index (κ3) is 3.33. The van der Waals surface area contributed by atoms with E-state index in [1.165, 1.54) is 6.07 Å². The quantitative estimate of drug-likeness (QED) is 0.820. The number of aromatic nitrogens is 2. The van der Waals surface area contributed by atoms with Gasteiger partial charge >= 0.3 is 5.97 Å². The lowest BCUT2D eigenvalue weighted by Gasteiger charge is -2.31. The molecule has 0 saturated carbocycles. The maximum Gasteiger partial charge on any atom is 0.309 e. The van der Waals surface area contributed by atoms with Crippen LogP contribution in [0.4, 0.5) is 5.95 Å². The molecule has 1 N–H and O–H groups in total. The Morgan fingerprint density at radius 2 is 2.21 bits per heavy atom. The van der Waals surface area contributed by atoms with Crippen molar-refractivity contribution in [3.63, 3.8) is 0 Å². The van der Waals surface area contributed by atoms with Crippen LogP contribution in [0.5, 0.6) is 0 Å². The van der Waals surface area contributed by atoms with Crippen molar-refractivity contribution >= 4 is 11.9 Å². The van der Waals surface area contributed by atoms with Gasteiger partial charge in [-0.3, -0.25) is 14.6 Å². The number of anilines is 1. The van der Waals surface area contributed by atoms with Gasteiger partial charge in [0, 0.05) is 24.8 Å². The molecule has 6 nitrogen and oxygen atoms in total. The van der Waals surface area contributed by atoms with Gasteiger partial charge in [-0.25, -0.2) is 4.98 Å². The van der Waals surface area contributed by atoms with Gasteiger partial charge in [0.2, 0.25) is 5.95 Å². The van der Waals surface area contributed by atoms with Crippen molar-refractivity contribution in [2.75, 3.05) is 24.6 Å². The van der Waals surface area contributed by atoms with Crippen LogP contribution in [0.15, 0.2) is 10.9 Å². The first-order valence-electron chi connectivity index (χ1n) is 6.59. The smallest absolute Gasteiger partial charge is 0.309 e. The number of carbonyl (C=O) groups is 1. The number of rotatable bonds is 3. The van der Waals surface area contributed by atoms with Gasteiger partial charge in [0.1, 0.15) is 0 Å². The van der Waals surface area contributed by atoms with Gasteiger partial charge in [-0.15, -0.1) is 0 Å². The van der Waals surface area contributed by atoms with Crippen molar-refractivity contribution in [2.24, 2.45) is 5.92 Å². The summed E-state index contributed by atoms with van der Waals surface area (Å²) in [5.74, 6) is 0.438. The number of aromatic amines is 1. The topological polar surface area (TPSA) is 75.3 Å². The maximum absolute atomic E-state index is 11.6. The van der Waals surface area contributed by atoms with Crippen LogP contribution in [0.2, 0.25) is 0 Å². The third-order valence-electron chi connectivity index (χ3n) is 3.27. The minimum absolute atomic E-state index is 0.0345. The molecule has 1 aromatic heterocycles. The van der Waals surface area contributed by atoms with Gasteiger partial charge in [0.05, 0.1) is 12.5 Å². The first kappa shape index (κ1) is 13.6. The summed E-state index contributed by atoms with van der Waals surface area (Å²) in [6, 6.07) is 1.47. The lowest BCUT2D eigenvalue weighted by molar-refractivity contribution is -0.148. The average molecular weight is 265 g/mol. The largest absolute Gasteiger partial charge is 0.466 e. The van der Waals surface area contributed by atoms with Crippen LogP contribution in [0, 0.1) is 12.8 Å². The summed E-state index contributed by atoms with van der Waals surface area (Å²) in [6.45, 7) is 5.44. The standard InChI is InChI=1S/C13H19N3O3/c1-3-19-12(18)10-4-6-16(7-5-10)13-14-9(2)8-11(17)15-13/h8,10H,3-7H2,1-2H3,(H,14,15,17). The highest BCUT2D eigenvalue weighted by Gasteiger charge is 2.26. The molecule has 1 aliphatic rings. The number of piperidine rings is 1. The number of carbonyl (C=O) groups excluding carboxylic acids is 1. The van der Waals surface area contributed by atoms with Gasteiger partial charge in [0.15, 0.2) is 0 Å². The Labute approximate surface area is 111 Å². The Kier molecular flexibility index (Phi) is 4.19. The molecule has 2 heterocycles. The highest BCUT2D eigenvalue weighted by Crippen LogP contribution is 2.21. The molecule has 0 radical (unpaired) electrons. The molecule has 0 unspecified atom stereocenters. The number of esters is 1. The molecule has 1 fully saturated rings. The number of ether oxygens (including phenoxy) is 1. The molecular formula is C13H19N3O3. The molecule has 1 saturated heterocycles.